The molecule has 0 atom stereocenters. The molecule has 158 valence electrons. The van der Waals surface area contributed by atoms with Crippen molar-refractivity contribution < 1.29 is 16.8 Å². The van der Waals surface area contributed by atoms with Crippen molar-refractivity contribution in [2.24, 2.45) is 0 Å². The van der Waals surface area contributed by atoms with Gasteiger partial charge in [-0.05, 0) is 66.9 Å². The summed E-state index contributed by atoms with van der Waals surface area (Å²) in [5, 5.41) is 0. The van der Waals surface area contributed by atoms with Crippen LogP contribution in [0.25, 0.3) is 0 Å². The number of hydrogen-bond acceptors (Lipinski definition) is 4. The van der Waals surface area contributed by atoms with E-state index in [9.17, 15) is 16.8 Å². The summed E-state index contributed by atoms with van der Waals surface area (Å²) >= 11 is 5.68. The van der Waals surface area contributed by atoms with Gasteiger partial charge in [-0.3, -0.25) is 9.44 Å². The van der Waals surface area contributed by atoms with E-state index in [0.717, 1.165) is 18.4 Å². The Morgan fingerprint density at radius 3 is 1.60 bits per heavy atom. The van der Waals surface area contributed by atoms with Crippen LogP contribution in [0.3, 0.4) is 0 Å². The third-order valence-corrected chi connectivity index (χ3v) is 7.34. The number of halogens is 1. The number of para-hydroxylation sites is 1. The average Bonchev–Trinajstić information content (AvgIpc) is 2.73. The van der Waals surface area contributed by atoms with E-state index < -0.39 is 20.0 Å². The van der Waals surface area contributed by atoms with Gasteiger partial charge in [0.2, 0.25) is 0 Å². The Labute approximate surface area is 182 Å². The zero-order valence-corrected chi connectivity index (χ0v) is 18.3. The van der Waals surface area contributed by atoms with Crippen molar-refractivity contribution in [3.8, 4) is 0 Å². The fraction of sp³-hybridized carbons (Fsp3) is 0.143. The molecule has 0 aliphatic carbocycles. The first kappa shape index (κ1) is 22.1. The molecule has 3 rings (SSSR count). The molecule has 0 spiro atoms. The lowest BCUT2D eigenvalue weighted by Gasteiger charge is -2.11. The van der Waals surface area contributed by atoms with Gasteiger partial charge < -0.3 is 0 Å². The normalized spacial score (nSPS) is 11.8. The predicted molar refractivity (Wildman–Crippen MR) is 120 cm³/mol. The highest BCUT2D eigenvalue weighted by molar-refractivity contribution is 7.93. The molecule has 2 N–H and O–H groups in total. The van der Waals surface area contributed by atoms with E-state index >= 15 is 0 Å². The summed E-state index contributed by atoms with van der Waals surface area (Å²) in [7, 11) is -7.56. The Kier molecular flexibility index (Phi) is 7.02. The van der Waals surface area contributed by atoms with Crippen molar-refractivity contribution in [3.63, 3.8) is 0 Å². The van der Waals surface area contributed by atoms with Gasteiger partial charge in [0, 0.05) is 17.3 Å². The fourth-order valence-corrected chi connectivity index (χ4v) is 4.99. The number of anilines is 2. The number of rotatable bonds is 9. The Hall–Kier alpha value is -2.55. The summed E-state index contributed by atoms with van der Waals surface area (Å²) in [5.74, 6) is 0.550. The molecule has 30 heavy (non-hydrogen) atoms. The minimum Gasteiger partial charge on any atom is -0.280 e. The molecule has 0 unspecified atom stereocenters. The second kappa shape index (κ2) is 9.51. The molecule has 0 bridgehead atoms. The van der Waals surface area contributed by atoms with Crippen LogP contribution in [0.4, 0.5) is 11.4 Å². The lowest BCUT2D eigenvalue weighted by atomic mass is 10.1. The Morgan fingerprint density at radius 1 is 0.633 bits per heavy atom. The average molecular weight is 465 g/mol. The number of alkyl halides is 1. The Bertz CT molecular complexity index is 1180. The predicted octanol–water partition coefficient (Wildman–Crippen LogP) is 4.46. The Morgan fingerprint density at radius 2 is 1.10 bits per heavy atom. The van der Waals surface area contributed by atoms with Gasteiger partial charge in [0.1, 0.15) is 0 Å². The van der Waals surface area contributed by atoms with Gasteiger partial charge in [-0.15, -0.1) is 11.6 Å². The molecule has 6 nitrogen and oxygen atoms in total. The molecule has 0 radical (unpaired) electrons. The minimum absolute atomic E-state index is 0.0259. The van der Waals surface area contributed by atoms with E-state index in [1.807, 2.05) is 0 Å². The summed E-state index contributed by atoms with van der Waals surface area (Å²) in [6.07, 6.45) is 1.60. The van der Waals surface area contributed by atoms with E-state index in [2.05, 4.69) is 9.44 Å². The van der Waals surface area contributed by atoms with E-state index in [4.69, 9.17) is 11.6 Å². The van der Waals surface area contributed by atoms with Crippen LogP contribution in [0, 0.1) is 0 Å². The summed E-state index contributed by atoms with van der Waals surface area (Å²) in [4.78, 5) is 0.150. The van der Waals surface area contributed by atoms with Crippen LogP contribution in [0.2, 0.25) is 0 Å². The molecular formula is C21H21ClN2O4S2. The monoisotopic (exact) mass is 464 g/mol. The summed E-state index contributed by atoms with van der Waals surface area (Å²) in [5.41, 5.74) is 1.71. The largest absolute Gasteiger partial charge is 0.280 e. The van der Waals surface area contributed by atoms with E-state index in [-0.39, 0.29) is 15.5 Å². The third kappa shape index (κ3) is 5.75. The lowest BCUT2D eigenvalue weighted by molar-refractivity contribution is 0.600. The summed E-state index contributed by atoms with van der Waals surface area (Å²) in [6.45, 7) is 0. The molecule has 0 saturated carbocycles. The molecule has 0 aliphatic rings. The minimum atomic E-state index is -3.79. The van der Waals surface area contributed by atoms with Gasteiger partial charge in [0.15, 0.2) is 0 Å². The van der Waals surface area contributed by atoms with Gasteiger partial charge in [0.05, 0.1) is 9.79 Å². The van der Waals surface area contributed by atoms with Crippen molar-refractivity contribution in [1.82, 2.24) is 0 Å². The maximum Gasteiger partial charge on any atom is 0.261 e. The van der Waals surface area contributed by atoms with Crippen LogP contribution in [0.15, 0.2) is 88.7 Å². The van der Waals surface area contributed by atoms with Crippen molar-refractivity contribution >= 4 is 43.0 Å². The van der Waals surface area contributed by atoms with Crippen LogP contribution in [-0.2, 0) is 26.5 Å². The SMILES string of the molecule is O=S(=O)(Nc1ccc(S(=O)(=O)Nc2ccccc2)cc1)c1ccc(CCCCl)cc1. The number of benzene rings is 3. The van der Waals surface area contributed by atoms with Gasteiger partial charge in [0.25, 0.3) is 20.0 Å². The van der Waals surface area contributed by atoms with Gasteiger partial charge in [-0.25, -0.2) is 16.8 Å². The first-order chi connectivity index (χ1) is 14.3. The molecule has 0 amide bonds. The number of nitrogens with one attached hydrogen (secondary N) is 2. The topological polar surface area (TPSA) is 92.3 Å². The second-order valence-electron chi connectivity index (χ2n) is 6.54. The smallest absolute Gasteiger partial charge is 0.261 e. The zero-order chi connectivity index (χ0) is 21.6. The third-order valence-electron chi connectivity index (χ3n) is 4.28. The standard InChI is InChI=1S/C21H21ClN2O4S2/c22-16-4-5-17-8-12-20(13-9-17)29(25,26)24-19-10-14-21(15-11-19)30(27,28)23-18-6-2-1-3-7-18/h1-3,6-15,23-24H,4-5,16H2. The first-order valence-corrected chi connectivity index (χ1v) is 12.7. The van der Waals surface area contributed by atoms with Gasteiger partial charge >= 0.3 is 0 Å². The number of sulfonamides is 2. The number of aryl methyl sites for hydroxylation is 1. The molecule has 0 fully saturated rings. The van der Waals surface area contributed by atoms with Crippen LogP contribution in [-0.4, -0.2) is 22.7 Å². The quantitative estimate of drug-likeness (QED) is 0.457. The molecule has 3 aromatic rings. The molecule has 3 aromatic carbocycles. The first-order valence-electron chi connectivity index (χ1n) is 9.16. The lowest BCUT2D eigenvalue weighted by Crippen LogP contribution is -2.14. The zero-order valence-electron chi connectivity index (χ0n) is 16.0. The van der Waals surface area contributed by atoms with Crippen LogP contribution < -0.4 is 9.44 Å². The van der Waals surface area contributed by atoms with Gasteiger partial charge in [-0.2, -0.15) is 0 Å². The van der Waals surface area contributed by atoms with Crippen molar-refractivity contribution in [2.75, 3.05) is 15.3 Å². The molecule has 9 heteroatoms. The van der Waals surface area contributed by atoms with E-state index in [1.165, 1.54) is 36.4 Å². The van der Waals surface area contributed by atoms with Crippen LogP contribution in [0.5, 0.6) is 0 Å². The second-order valence-corrected chi connectivity index (χ2v) is 10.3. The fourth-order valence-electron chi connectivity index (χ4n) is 2.74. The summed E-state index contributed by atoms with van der Waals surface area (Å²) < 4.78 is 55.0. The van der Waals surface area contributed by atoms with Crippen molar-refractivity contribution in [3.05, 3.63) is 84.4 Å². The highest BCUT2D eigenvalue weighted by Gasteiger charge is 2.17. The van der Waals surface area contributed by atoms with Crippen LogP contribution >= 0.6 is 11.6 Å². The molecular weight excluding hydrogens is 444 g/mol. The molecule has 0 aromatic heterocycles. The van der Waals surface area contributed by atoms with E-state index in [1.54, 1.807) is 42.5 Å². The summed E-state index contributed by atoms with van der Waals surface area (Å²) in [6, 6.07) is 20.6. The van der Waals surface area contributed by atoms with E-state index in [0.29, 0.717) is 11.6 Å². The number of hydrogen-bond donors (Lipinski definition) is 2. The highest BCUT2D eigenvalue weighted by Crippen LogP contribution is 2.21. The maximum absolute atomic E-state index is 12.6. The van der Waals surface area contributed by atoms with Crippen molar-refractivity contribution in [1.29, 1.82) is 0 Å². The van der Waals surface area contributed by atoms with Gasteiger partial charge in [-0.1, -0.05) is 30.3 Å². The molecule has 0 aliphatic heterocycles. The Balaban J connectivity index is 1.71. The maximum atomic E-state index is 12.6. The molecule has 0 heterocycles. The van der Waals surface area contributed by atoms with Crippen LogP contribution in [0.1, 0.15) is 12.0 Å². The molecule has 0 saturated heterocycles. The van der Waals surface area contributed by atoms with Crippen molar-refractivity contribution in [2.45, 2.75) is 22.6 Å². The highest BCUT2D eigenvalue weighted by atomic mass is 35.5.